The third-order valence-corrected chi connectivity index (χ3v) is 4.34. The van der Waals surface area contributed by atoms with E-state index in [2.05, 4.69) is 16.0 Å². The summed E-state index contributed by atoms with van der Waals surface area (Å²) in [5, 5.41) is 16.4. The van der Waals surface area contributed by atoms with Crippen LogP contribution in [0.4, 0.5) is 23.7 Å². The number of allylic oxidation sites excluding steroid dienone is 1. The second-order valence-corrected chi connectivity index (χ2v) is 6.30. The molecule has 0 fully saturated rings. The average Bonchev–Trinajstić information content (AvgIpc) is 2.67. The summed E-state index contributed by atoms with van der Waals surface area (Å²) in [7, 11) is 0. The van der Waals surface area contributed by atoms with Gasteiger partial charge in [-0.05, 0) is 36.8 Å². The molecular weight excluding hydrogens is 385 g/mol. The SMILES string of the molecule is CC1=C(C(=O)Nc2ccccc2C(F)(F)F)[C@@H](c2cccc(C#N)c2)NC(=O)N1. The number of carbonyl (C=O) groups excluding carboxylic acids is 2. The lowest BCUT2D eigenvalue weighted by Crippen LogP contribution is -2.46. The highest BCUT2D eigenvalue weighted by atomic mass is 19.4. The number of carbonyl (C=O) groups is 2. The van der Waals surface area contributed by atoms with Crippen molar-refractivity contribution in [1.82, 2.24) is 10.6 Å². The maximum atomic E-state index is 13.2. The minimum Gasteiger partial charge on any atom is -0.327 e. The molecule has 0 saturated heterocycles. The molecule has 3 rings (SSSR count). The highest BCUT2D eigenvalue weighted by Crippen LogP contribution is 2.35. The van der Waals surface area contributed by atoms with Crippen molar-refractivity contribution < 1.29 is 22.8 Å². The van der Waals surface area contributed by atoms with Crippen LogP contribution in [0.1, 0.15) is 29.7 Å². The number of hydrogen-bond donors (Lipinski definition) is 3. The van der Waals surface area contributed by atoms with Gasteiger partial charge in [0.1, 0.15) is 0 Å². The zero-order chi connectivity index (χ0) is 21.2. The van der Waals surface area contributed by atoms with Crippen LogP contribution in [-0.4, -0.2) is 11.9 Å². The van der Waals surface area contributed by atoms with E-state index in [0.717, 1.165) is 12.1 Å². The van der Waals surface area contributed by atoms with Crippen molar-refractivity contribution in [2.45, 2.75) is 19.1 Å². The van der Waals surface area contributed by atoms with Crippen LogP contribution in [0.2, 0.25) is 0 Å². The molecule has 1 heterocycles. The van der Waals surface area contributed by atoms with Gasteiger partial charge in [-0.15, -0.1) is 0 Å². The first-order valence-electron chi connectivity index (χ1n) is 8.46. The topological polar surface area (TPSA) is 94.0 Å². The van der Waals surface area contributed by atoms with Crippen molar-refractivity contribution in [3.8, 4) is 6.07 Å². The van der Waals surface area contributed by atoms with Gasteiger partial charge in [-0.25, -0.2) is 4.79 Å². The summed E-state index contributed by atoms with van der Waals surface area (Å²) in [5.41, 5.74) is -0.378. The molecule has 2 aromatic rings. The van der Waals surface area contributed by atoms with Gasteiger partial charge in [0, 0.05) is 5.70 Å². The summed E-state index contributed by atoms with van der Waals surface area (Å²) in [6, 6.07) is 11.3. The van der Waals surface area contributed by atoms with Crippen molar-refractivity contribution in [2.75, 3.05) is 5.32 Å². The Hall–Kier alpha value is -3.80. The molecule has 6 nitrogen and oxygen atoms in total. The Kier molecular flexibility index (Phi) is 5.28. The predicted octanol–water partition coefficient (Wildman–Crippen LogP) is 3.84. The van der Waals surface area contributed by atoms with Crippen LogP contribution in [0.5, 0.6) is 0 Å². The minimum absolute atomic E-state index is 0.0386. The van der Waals surface area contributed by atoms with Crippen molar-refractivity contribution in [2.24, 2.45) is 0 Å². The molecule has 1 aliphatic heterocycles. The lowest BCUT2D eigenvalue weighted by molar-refractivity contribution is -0.137. The zero-order valence-electron chi connectivity index (χ0n) is 15.1. The number of rotatable bonds is 3. The molecule has 9 heteroatoms. The molecule has 1 aliphatic rings. The Bertz CT molecular complexity index is 1050. The van der Waals surface area contributed by atoms with Crippen LogP contribution < -0.4 is 16.0 Å². The number of hydrogen-bond acceptors (Lipinski definition) is 3. The van der Waals surface area contributed by atoms with Gasteiger partial charge >= 0.3 is 12.2 Å². The number of anilines is 1. The highest BCUT2D eigenvalue weighted by molar-refractivity contribution is 6.07. The molecule has 0 radical (unpaired) electrons. The minimum atomic E-state index is -4.65. The van der Waals surface area contributed by atoms with Crippen molar-refractivity contribution in [1.29, 1.82) is 5.26 Å². The van der Waals surface area contributed by atoms with E-state index in [9.17, 15) is 22.8 Å². The van der Waals surface area contributed by atoms with Crippen LogP contribution in [0.25, 0.3) is 0 Å². The Labute approximate surface area is 164 Å². The second-order valence-electron chi connectivity index (χ2n) is 6.30. The van der Waals surface area contributed by atoms with Gasteiger partial charge in [-0.1, -0.05) is 24.3 Å². The molecule has 148 valence electrons. The van der Waals surface area contributed by atoms with Crippen molar-refractivity contribution >= 4 is 17.6 Å². The maximum absolute atomic E-state index is 13.2. The molecule has 0 saturated carbocycles. The summed E-state index contributed by atoms with van der Waals surface area (Å²) >= 11 is 0. The Morgan fingerprint density at radius 2 is 1.90 bits per heavy atom. The lowest BCUT2D eigenvalue weighted by Gasteiger charge is -2.29. The van der Waals surface area contributed by atoms with E-state index < -0.39 is 35.4 Å². The molecule has 0 bridgehead atoms. The number of nitrogens with zero attached hydrogens (tertiary/aromatic N) is 1. The summed E-state index contributed by atoms with van der Waals surface area (Å²) < 4.78 is 39.7. The highest BCUT2D eigenvalue weighted by Gasteiger charge is 2.35. The zero-order valence-corrected chi connectivity index (χ0v) is 15.1. The largest absolute Gasteiger partial charge is 0.418 e. The molecular formula is C20H15F3N4O2. The second kappa shape index (κ2) is 7.67. The van der Waals surface area contributed by atoms with Crippen LogP contribution in [0.3, 0.4) is 0 Å². The number of nitrogens with one attached hydrogen (secondary N) is 3. The standard InChI is InChI=1S/C20H15F3N4O2/c1-11-16(18(28)26-15-8-3-2-7-14(15)20(21,22)23)17(27-19(29)25-11)13-6-4-5-12(9-13)10-24/h2-9,17H,1H3,(H,26,28)(H2,25,27,29)/t17-/m1/s1. The predicted molar refractivity (Wildman–Crippen MR) is 98.3 cm³/mol. The molecule has 0 unspecified atom stereocenters. The Morgan fingerprint density at radius 1 is 1.17 bits per heavy atom. The molecule has 1 atom stereocenters. The van der Waals surface area contributed by atoms with E-state index in [-0.39, 0.29) is 11.3 Å². The number of benzene rings is 2. The van der Waals surface area contributed by atoms with Gasteiger partial charge in [0.2, 0.25) is 0 Å². The van der Waals surface area contributed by atoms with Gasteiger partial charge in [-0.3, -0.25) is 4.79 Å². The Morgan fingerprint density at radius 3 is 2.59 bits per heavy atom. The van der Waals surface area contributed by atoms with E-state index in [1.807, 2.05) is 6.07 Å². The van der Waals surface area contributed by atoms with Gasteiger partial charge in [0.05, 0.1) is 34.5 Å². The van der Waals surface area contributed by atoms with E-state index in [1.165, 1.54) is 25.1 Å². The van der Waals surface area contributed by atoms with Crippen LogP contribution >= 0.6 is 0 Å². The molecule has 2 aromatic carbocycles. The first kappa shape index (κ1) is 19.9. The van der Waals surface area contributed by atoms with Crippen molar-refractivity contribution in [3.05, 3.63) is 76.5 Å². The molecule has 3 amide bonds. The number of alkyl halides is 3. The van der Waals surface area contributed by atoms with Crippen LogP contribution in [0, 0.1) is 11.3 Å². The number of para-hydroxylation sites is 1. The van der Waals surface area contributed by atoms with Gasteiger partial charge in [-0.2, -0.15) is 18.4 Å². The summed E-state index contributed by atoms with van der Waals surface area (Å²) in [5.74, 6) is -0.806. The summed E-state index contributed by atoms with van der Waals surface area (Å²) in [6.45, 7) is 1.48. The monoisotopic (exact) mass is 400 g/mol. The van der Waals surface area contributed by atoms with E-state index in [4.69, 9.17) is 5.26 Å². The fourth-order valence-electron chi connectivity index (χ4n) is 3.06. The average molecular weight is 400 g/mol. The van der Waals surface area contributed by atoms with E-state index in [1.54, 1.807) is 18.2 Å². The van der Waals surface area contributed by atoms with Crippen LogP contribution in [-0.2, 0) is 11.0 Å². The third kappa shape index (κ3) is 4.21. The molecule has 29 heavy (non-hydrogen) atoms. The normalized spacial score (nSPS) is 16.5. The number of nitriles is 1. The first-order valence-corrected chi connectivity index (χ1v) is 8.46. The maximum Gasteiger partial charge on any atom is 0.418 e. The molecule has 0 spiro atoms. The number of amides is 3. The molecule has 0 aliphatic carbocycles. The number of halogens is 3. The summed E-state index contributed by atoms with van der Waals surface area (Å²) in [6.07, 6.45) is -4.65. The van der Waals surface area contributed by atoms with Crippen LogP contribution in [0.15, 0.2) is 59.8 Å². The molecule has 0 aromatic heterocycles. The fraction of sp³-hybridized carbons (Fsp3) is 0.150. The quantitative estimate of drug-likeness (QED) is 0.731. The van der Waals surface area contributed by atoms with Gasteiger partial charge in [0.25, 0.3) is 5.91 Å². The van der Waals surface area contributed by atoms with Crippen molar-refractivity contribution in [3.63, 3.8) is 0 Å². The lowest BCUT2D eigenvalue weighted by atomic mass is 9.93. The smallest absolute Gasteiger partial charge is 0.327 e. The van der Waals surface area contributed by atoms with E-state index >= 15 is 0 Å². The van der Waals surface area contributed by atoms with Gasteiger partial charge < -0.3 is 16.0 Å². The summed E-state index contributed by atoms with van der Waals surface area (Å²) in [4.78, 5) is 24.8. The van der Waals surface area contributed by atoms with E-state index in [0.29, 0.717) is 11.1 Å². The molecule has 3 N–H and O–H groups in total. The van der Waals surface area contributed by atoms with Gasteiger partial charge in [0.15, 0.2) is 0 Å². The third-order valence-electron chi connectivity index (χ3n) is 4.34. The first-order chi connectivity index (χ1) is 13.7. The fourth-order valence-corrected chi connectivity index (χ4v) is 3.06. The number of urea groups is 1. The Balaban J connectivity index is 2.00.